The number of aryl methyl sites for hydroxylation is 1. The molecule has 1 atom stereocenters. The predicted octanol–water partition coefficient (Wildman–Crippen LogP) is 4.48. The monoisotopic (exact) mass is 405 g/mol. The first-order valence-electron chi connectivity index (χ1n) is 9.70. The Morgan fingerprint density at radius 3 is 2.66 bits per heavy atom. The van der Waals surface area contributed by atoms with Crippen molar-refractivity contribution >= 4 is 23.4 Å². The lowest BCUT2D eigenvalue weighted by molar-refractivity contribution is -0.129. The summed E-state index contributed by atoms with van der Waals surface area (Å²) in [5, 5.41) is 10.7. The van der Waals surface area contributed by atoms with E-state index in [0.29, 0.717) is 23.9 Å². The Kier molecular flexibility index (Phi) is 5.50. The number of ether oxygens (including phenoxy) is 1. The maximum absolute atomic E-state index is 13.1. The van der Waals surface area contributed by atoms with Crippen LogP contribution >= 0.6 is 11.8 Å². The van der Waals surface area contributed by atoms with Crippen LogP contribution in [0.15, 0.2) is 59.1 Å². The van der Waals surface area contributed by atoms with Gasteiger partial charge in [-0.15, -0.1) is 0 Å². The van der Waals surface area contributed by atoms with E-state index < -0.39 is 0 Å². The molecule has 1 amide bonds. The Morgan fingerprint density at radius 2 is 1.97 bits per heavy atom. The molecule has 1 saturated heterocycles. The number of hydrogen-bond acceptors (Lipinski definition) is 5. The highest BCUT2D eigenvalue weighted by molar-refractivity contribution is 8.03. The van der Waals surface area contributed by atoms with Crippen LogP contribution in [0.5, 0.6) is 5.75 Å². The fourth-order valence-electron chi connectivity index (χ4n) is 3.89. The first-order valence-corrected chi connectivity index (χ1v) is 10.7. The van der Waals surface area contributed by atoms with Gasteiger partial charge in [-0.1, -0.05) is 49.0 Å². The summed E-state index contributed by atoms with van der Waals surface area (Å²) < 4.78 is 5.48. The number of para-hydroxylation sites is 1. The predicted molar refractivity (Wildman–Crippen MR) is 115 cm³/mol. The van der Waals surface area contributed by atoms with Crippen molar-refractivity contribution in [3.8, 4) is 11.8 Å². The zero-order chi connectivity index (χ0) is 20.4. The van der Waals surface area contributed by atoms with Gasteiger partial charge in [0.05, 0.1) is 36.3 Å². The Bertz CT molecular complexity index is 994. The summed E-state index contributed by atoms with van der Waals surface area (Å²) in [7, 11) is 1.62. The normalized spacial score (nSPS) is 19.1. The van der Waals surface area contributed by atoms with Crippen molar-refractivity contribution in [3.05, 3.63) is 70.3 Å². The molecule has 4 rings (SSSR count). The smallest absolute Gasteiger partial charge is 0.229 e. The van der Waals surface area contributed by atoms with Crippen LogP contribution in [0.2, 0.25) is 0 Å². The zero-order valence-corrected chi connectivity index (χ0v) is 17.4. The molecule has 148 valence electrons. The van der Waals surface area contributed by atoms with Gasteiger partial charge >= 0.3 is 0 Å². The van der Waals surface area contributed by atoms with Crippen molar-refractivity contribution < 1.29 is 9.53 Å². The maximum Gasteiger partial charge on any atom is 0.229 e. The Hall–Kier alpha value is -2.91. The summed E-state index contributed by atoms with van der Waals surface area (Å²) in [6.45, 7) is 2.60. The van der Waals surface area contributed by atoms with Gasteiger partial charge in [0.25, 0.3) is 0 Å². The highest BCUT2D eigenvalue weighted by Crippen LogP contribution is 2.45. The topological polar surface area (TPSA) is 56.6 Å². The molecule has 0 aromatic heterocycles. The number of allylic oxidation sites excluding steroid dienone is 1. The summed E-state index contributed by atoms with van der Waals surface area (Å²) in [5.74, 6) is 1.19. The fourth-order valence-corrected chi connectivity index (χ4v) is 5.06. The number of anilines is 1. The van der Waals surface area contributed by atoms with Crippen molar-refractivity contribution in [2.24, 2.45) is 0 Å². The van der Waals surface area contributed by atoms with E-state index in [1.165, 1.54) is 5.56 Å². The van der Waals surface area contributed by atoms with E-state index in [-0.39, 0.29) is 18.2 Å². The molecule has 29 heavy (non-hydrogen) atoms. The molecule has 0 aliphatic carbocycles. The second kappa shape index (κ2) is 8.22. The number of nitriles is 1. The van der Waals surface area contributed by atoms with Gasteiger partial charge in [0.15, 0.2) is 0 Å². The minimum atomic E-state index is -0.266. The third kappa shape index (κ3) is 3.58. The molecular formula is C23H23N3O2S. The number of hydrogen-bond donors (Lipinski definition) is 0. The summed E-state index contributed by atoms with van der Waals surface area (Å²) in [6.07, 6.45) is 1.28. The second-order valence-electron chi connectivity index (χ2n) is 7.13. The van der Waals surface area contributed by atoms with E-state index in [0.717, 1.165) is 22.7 Å². The largest absolute Gasteiger partial charge is 0.496 e. The van der Waals surface area contributed by atoms with Crippen molar-refractivity contribution in [2.75, 3.05) is 24.6 Å². The number of carbonyl (C=O) groups is 1. The summed E-state index contributed by atoms with van der Waals surface area (Å²) >= 11 is 1.56. The van der Waals surface area contributed by atoms with Gasteiger partial charge in [0.1, 0.15) is 5.75 Å². The van der Waals surface area contributed by atoms with Crippen molar-refractivity contribution in [2.45, 2.75) is 25.7 Å². The number of benzene rings is 2. The zero-order valence-electron chi connectivity index (χ0n) is 16.6. The van der Waals surface area contributed by atoms with Gasteiger partial charge in [-0.25, -0.2) is 0 Å². The van der Waals surface area contributed by atoms with E-state index in [9.17, 15) is 10.1 Å². The molecule has 2 aromatic carbocycles. The number of fused-ring (bicyclic) bond motifs is 1. The standard InChI is InChI=1S/C23H23N3O2S/c1-3-16-8-10-17(11-9-16)25-14-26-22(27)12-19(20(13-24)23(26)29-15-25)18-6-4-5-7-21(18)28-2/h4-11,19H,3,12,14-15H2,1-2H3/t19-/m0/s1. The number of thioether (sulfide) groups is 1. The molecule has 0 radical (unpaired) electrons. The van der Waals surface area contributed by atoms with Crippen molar-refractivity contribution in [3.63, 3.8) is 0 Å². The van der Waals surface area contributed by atoms with Gasteiger partial charge < -0.3 is 9.64 Å². The average molecular weight is 406 g/mol. The molecule has 2 aromatic rings. The number of amides is 1. The highest BCUT2D eigenvalue weighted by atomic mass is 32.2. The number of methoxy groups -OCH3 is 1. The van der Waals surface area contributed by atoms with Crippen LogP contribution in [0.25, 0.3) is 0 Å². The highest BCUT2D eigenvalue weighted by Gasteiger charge is 2.39. The first kappa shape index (κ1) is 19.4. The van der Waals surface area contributed by atoms with Gasteiger partial charge in [0, 0.05) is 23.6 Å². The van der Waals surface area contributed by atoms with Gasteiger partial charge in [-0.2, -0.15) is 5.26 Å². The molecule has 2 heterocycles. The number of rotatable bonds is 4. The van der Waals surface area contributed by atoms with Crippen LogP contribution in [0.4, 0.5) is 5.69 Å². The lowest BCUT2D eigenvalue weighted by Gasteiger charge is -2.42. The van der Waals surface area contributed by atoms with Crippen LogP contribution in [-0.4, -0.2) is 30.5 Å². The van der Waals surface area contributed by atoms with E-state index in [1.54, 1.807) is 23.8 Å². The van der Waals surface area contributed by atoms with Gasteiger partial charge in [0.2, 0.25) is 5.91 Å². The molecule has 2 aliphatic heterocycles. The van der Waals surface area contributed by atoms with E-state index in [4.69, 9.17) is 4.74 Å². The minimum Gasteiger partial charge on any atom is -0.496 e. The second-order valence-corrected chi connectivity index (χ2v) is 8.06. The Morgan fingerprint density at radius 1 is 1.21 bits per heavy atom. The van der Waals surface area contributed by atoms with Crippen molar-refractivity contribution in [1.82, 2.24) is 4.90 Å². The molecule has 0 bridgehead atoms. The third-order valence-electron chi connectivity index (χ3n) is 5.52. The minimum absolute atomic E-state index is 0.0392. The molecule has 2 aliphatic rings. The van der Waals surface area contributed by atoms with Crippen LogP contribution in [0, 0.1) is 11.3 Å². The Balaban J connectivity index is 1.65. The summed E-state index contributed by atoms with van der Waals surface area (Å²) in [6, 6.07) is 18.5. The molecule has 6 heteroatoms. The van der Waals surface area contributed by atoms with Gasteiger partial charge in [-0.3, -0.25) is 9.69 Å². The molecule has 5 nitrogen and oxygen atoms in total. The lowest BCUT2D eigenvalue weighted by Crippen LogP contribution is -2.47. The van der Waals surface area contributed by atoms with Crippen LogP contribution in [0.3, 0.4) is 0 Å². The van der Waals surface area contributed by atoms with E-state index in [1.807, 2.05) is 24.3 Å². The fraction of sp³-hybridized carbons (Fsp3) is 0.304. The van der Waals surface area contributed by atoms with E-state index in [2.05, 4.69) is 42.2 Å². The molecular weight excluding hydrogens is 382 g/mol. The molecule has 0 unspecified atom stereocenters. The van der Waals surface area contributed by atoms with Crippen LogP contribution in [0.1, 0.15) is 30.4 Å². The Labute approximate surface area is 175 Å². The van der Waals surface area contributed by atoms with Gasteiger partial charge in [-0.05, 0) is 30.2 Å². The quantitative estimate of drug-likeness (QED) is 0.751. The molecule has 0 saturated carbocycles. The summed E-state index contributed by atoms with van der Waals surface area (Å²) in [5.41, 5.74) is 3.93. The SMILES string of the molecule is CCc1ccc(N2CSC3=C(C#N)[C@H](c4ccccc4OC)CC(=O)N3C2)cc1. The third-order valence-corrected chi connectivity index (χ3v) is 6.67. The first-order chi connectivity index (χ1) is 14.2. The van der Waals surface area contributed by atoms with Crippen LogP contribution in [-0.2, 0) is 11.2 Å². The van der Waals surface area contributed by atoms with Crippen LogP contribution < -0.4 is 9.64 Å². The molecule has 0 N–H and O–H groups in total. The maximum atomic E-state index is 13.1. The molecule has 0 spiro atoms. The van der Waals surface area contributed by atoms with E-state index >= 15 is 0 Å². The average Bonchev–Trinajstić information content (AvgIpc) is 2.78. The number of carbonyl (C=O) groups excluding carboxylic acids is 1. The van der Waals surface area contributed by atoms with Crippen molar-refractivity contribution in [1.29, 1.82) is 5.26 Å². The number of nitrogens with zero attached hydrogens (tertiary/aromatic N) is 3. The molecule has 1 fully saturated rings. The summed E-state index contributed by atoms with van der Waals surface area (Å²) in [4.78, 5) is 17.0. The lowest BCUT2D eigenvalue weighted by atomic mass is 9.86.